The van der Waals surface area contributed by atoms with Crippen LogP contribution in [0.1, 0.15) is 212 Å². The van der Waals surface area contributed by atoms with Crippen LogP contribution in [-0.4, -0.2) is 79.2 Å². The van der Waals surface area contributed by atoms with Crippen molar-refractivity contribution in [2.24, 2.45) is 0 Å². The van der Waals surface area contributed by atoms with Crippen LogP contribution in [0.5, 0.6) is 0 Å². The molecule has 42 heavy (non-hydrogen) atoms. The van der Waals surface area contributed by atoms with Gasteiger partial charge < -0.3 is 26.9 Å². The third-order valence-electron chi connectivity index (χ3n) is 7.49. The Morgan fingerprint density at radius 2 is 0.500 bits per heavy atom. The van der Waals surface area contributed by atoms with E-state index in [9.17, 15) is 9.59 Å². The molecular formula is C34H76Mg2O6. The van der Waals surface area contributed by atoms with Crippen molar-refractivity contribution in [2.75, 3.05) is 0 Å². The molecule has 0 rings (SSSR count). The van der Waals surface area contributed by atoms with Gasteiger partial charge in [0.05, 0.1) is 0 Å². The van der Waals surface area contributed by atoms with E-state index in [2.05, 4.69) is 13.8 Å². The van der Waals surface area contributed by atoms with Crippen molar-refractivity contribution >= 4 is 58.0 Å². The van der Waals surface area contributed by atoms with Crippen molar-refractivity contribution < 1.29 is 36.5 Å². The molecule has 6 N–H and O–H groups in total. The summed E-state index contributed by atoms with van der Waals surface area (Å²) < 4.78 is 0. The predicted molar refractivity (Wildman–Crippen MR) is 188 cm³/mol. The Morgan fingerprint density at radius 3 is 0.643 bits per heavy atom. The molecule has 0 aromatic rings. The van der Waals surface area contributed by atoms with Gasteiger partial charge in [-0.1, -0.05) is 181 Å². The Kier molecular flexibility index (Phi) is 66.6. The number of hydrogen-bond acceptors (Lipinski definition) is 2. The molecule has 0 aromatic carbocycles. The molecule has 0 saturated carbocycles. The molecule has 0 saturated heterocycles. The number of carbonyl (C=O) groups is 2. The monoisotopic (exact) mass is 629 g/mol. The standard InChI is InChI=1S/C18H36O2.C16H32O2.2Mg.2H2O.4H/c1-2-3-4-5-6-7-8-9-10-11-12-13-14-15-16-17-18(19)20;1-2-3-4-5-6-7-8-9-10-11-12-13-14-15-16(17)18;;;;;;;;/h2-17H2,1H3,(H,19,20);2-15H2,1H3,(H,17,18);;;2*1H2;;;;/q;;2*+2;;;4*-1. The van der Waals surface area contributed by atoms with Crippen LogP contribution >= 0.6 is 0 Å². The van der Waals surface area contributed by atoms with Crippen LogP contribution in [0.25, 0.3) is 0 Å². The molecule has 0 aliphatic heterocycles. The summed E-state index contributed by atoms with van der Waals surface area (Å²) >= 11 is 0. The van der Waals surface area contributed by atoms with Gasteiger partial charge in [0.15, 0.2) is 0 Å². The van der Waals surface area contributed by atoms with Gasteiger partial charge in [-0.2, -0.15) is 0 Å². The molecule has 0 spiro atoms. The second-order valence-corrected chi connectivity index (χ2v) is 11.5. The van der Waals surface area contributed by atoms with E-state index in [-0.39, 0.29) is 62.8 Å². The van der Waals surface area contributed by atoms with E-state index in [1.165, 1.54) is 154 Å². The topological polar surface area (TPSA) is 138 Å². The molecular weight excluding hydrogens is 553 g/mol. The summed E-state index contributed by atoms with van der Waals surface area (Å²) in [6, 6.07) is 0. The molecule has 0 aliphatic carbocycles. The van der Waals surface area contributed by atoms with Gasteiger partial charge in [-0.05, 0) is 12.8 Å². The molecule has 6 nitrogen and oxygen atoms in total. The quantitative estimate of drug-likeness (QED) is 0.0603. The largest absolute Gasteiger partial charge is 2.00 e. The SMILES string of the molecule is CCCCCCCCCCCCCCCC(=O)O.CCCCCCCCCCCCCCCCCC(=O)O.O.O.[H-].[H-].[H-].[H-].[Mg+2].[Mg+2]. The van der Waals surface area contributed by atoms with Gasteiger partial charge in [0.2, 0.25) is 0 Å². The average Bonchev–Trinajstić information content (AvgIpc) is 2.89. The fraction of sp³-hybridized carbons (Fsp3) is 0.941. The minimum absolute atomic E-state index is 0. The van der Waals surface area contributed by atoms with Crippen LogP contribution < -0.4 is 0 Å². The van der Waals surface area contributed by atoms with E-state index < -0.39 is 11.9 Å². The Balaban J connectivity index is -0.0000000602. The molecule has 0 atom stereocenters. The van der Waals surface area contributed by atoms with E-state index in [1.54, 1.807) is 0 Å². The van der Waals surface area contributed by atoms with Crippen molar-refractivity contribution in [1.82, 2.24) is 0 Å². The fourth-order valence-electron chi connectivity index (χ4n) is 4.94. The summed E-state index contributed by atoms with van der Waals surface area (Å²) in [5.41, 5.74) is 0. The molecule has 0 fully saturated rings. The Bertz CT molecular complexity index is 501. The normalized spacial score (nSPS) is 9.76. The molecule has 252 valence electrons. The summed E-state index contributed by atoms with van der Waals surface area (Å²) in [6.07, 6.45) is 37.5. The number of aliphatic carboxylic acids is 2. The van der Waals surface area contributed by atoms with E-state index in [0.29, 0.717) is 12.8 Å². The fourth-order valence-corrected chi connectivity index (χ4v) is 4.94. The van der Waals surface area contributed by atoms with Crippen LogP contribution in [0, 0.1) is 0 Å². The van der Waals surface area contributed by atoms with E-state index in [4.69, 9.17) is 10.2 Å². The first-order valence-electron chi connectivity index (χ1n) is 17.0. The zero-order valence-corrected chi connectivity index (χ0v) is 31.2. The van der Waals surface area contributed by atoms with Crippen molar-refractivity contribution in [3.63, 3.8) is 0 Å². The van der Waals surface area contributed by atoms with E-state index in [1.807, 2.05) is 0 Å². The Morgan fingerprint density at radius 1 is 0.357 bits per heavy atom. The van der Waals surface area contributed by atoms with Crippen LogP contribution in [0.2, 0.25) is 0 Å². The Labute approximate surface area is 299 Å². The number of unbranched alkanes of at least 4 members (excludes halogenated alkanes) is 26. The average molecular weight is 630 g/mol. The van der Waals surface area contributed by atoms with Crippen LogP contribution in [-0.2, 0) is 9.59 Å². The van der Waals surface area contributed by atoms with Crippen molar-refractivity contribution in [3.05, 3.63) is 0 Å². The van der Waals surface area contributed by atoms with Gasteiger partial charge >= 0.3 is 58.0 Å². The second-order valence-electron chi connectivity index (χ2n) is 11.5. The molecule has 8 heteroatoms. The first-order chi connectivity index (χ1) is 18.5. The maximum Gasteiger partial charge on any atom is 2.00 e. The summed E-state index contributed by atoms with van der Waals surface area (Å²) in [6.45, 7) is 4.53. The van der Waals surface area contributed by atoms with Gasteiger partial charge in [-0.3, -0.25) is 9.59 Å². The molecule has 0 aromatic heterocycles. The van der Waals surface area contributed by atoms with E-state index >= 15 is 0 Å². The van der Waals surface area contributed by atoms with Crippen molar-refractivity contribution in [1.29, 1.82) is 0 Å². The second kappa shape index (κ2) is 51.0. The summed E-state index contributed by atoms with van der Waals surface area (Å²) in [4.78, 5) is 20.6. The van der Waals surface area contributed by atoms with Gasteiger partial charge in [-0.15, -0.1) is 0 Å². The third kappa shape index (κ3) is 59.7. The zero-order chi connectivity index (χ0) is 28.4. The van der Waals surface area contributed by atoms with E-state index in [0.717, 1.165) is 25.7 Å². The zero-order valence-electron chi connectivity index (χ0n) is 32.3. The molecule has 0 amide bonds. The van der Waals surface area contributed by atoms with Gasteiger partial charge in [0.1, 0.15) is 0 Å². The van der Waals surface area contributed by atoms with Gasteiger partial charge in [0, 0.05) is 12.8 Å². The summed E-state index contributed by atoms with van der Waals surface area (Å²) in [5.74, 6) is -1.31. The van der Waals surface area contributed by atoms with Crippen LogP contribution in [0.3, 0.4) is 0 Å². The smallest absolute Gasteiger partial charge is 1.00 e. The number of hydrogen-bond donors (Lipinski definition) is 2. The number of carboxylic acids is 2. The molecule has 0 heterocycles. The van der Waals surface area contributed by atoms with Gasteiger partial charge in [0.25, 0.3) is 0 Å². The number of carboxylic acid groups (broad SMARTS) is 2. The van der Waals surface area contributed by atoms with Crippen molar-refractivity contribution in [2.45, 2.75) is 206 Å². The maximum atomic E-state index is 10.3. The third-order valence-corrected chi connectivity index (χ3v) is 7.49. The van der Waals surface area contributed by atoms with Crippen molar-refractivity contribution in [3.8, 4) is 0 Å². The van der Waals surface area contributed by atoms with Crippen LogP contribution in [0.4, 0.5) is 0 Å². The first-order valence-corrected chi connectivity index (χ1v) is 17.0. The van der Waals surface area contributed by atoms with Gasteiger partial charge in [-0.25, -0.2) is 0 Å². The molecule has 0 radical (unpaired) electrons. The molecule has 0 aliphatic rings. The molecule has 0 unspecified atom stereocenters. The maximum absolute atomic E-state index is 10.3. The predicted octanol–water partition coefficient (Wildman–Crippen LogP) is 9.92. The number of rotatable bonds is 30. The Hall–Kier alpha value is 0.392. The summed E-state index contributed by atoms with van der Waals surface area (Å²) in [5, 5.41) is 17.0. The minimum atomic E-state index is -0.655. The minimum Gasteiger partial charge on any atom is -1.00 e. The van der Waals surface area contributed by atoms with Crippen LogP contribution in [0.15, 0.2) is 0 Å². The molecule has 0 bridgehead atoms. The summed E-state index contributed by atoms with van der Waals surface area (Å²) in [7, 11) is 0. The first kappa shape index (κ1) is 54.8.